The Morgan fingerprint density at radius 1 is 1.35 bits per heavy atom. The Morgan fingerprint density at radius 2 is 1.96 bits per heavy atom. The summed E-state index contributed by atoms with van der Waals surface area (Å²) in [6, 6.07) is 5.88. The van der Waals surface area contributed by atoms with Crippen molar-refractivity contribution in [1.82, 2.24) is 5.32 Å². The first-order valence-electron chi connectivity index (χ1n) is 6.67. The smallest absolute Gasteiger partial charge is 0.345 e. The Labute approximate surface area is 134 Å². The van der Waals surface area contributed by atoms with Gasteiger partial charge in [0.1, 0.15) is 0 Å². The van der Waals surface area contributed by atoms with E-state index >= 15 is 0 Å². The van der Waals surface area contributed by atoms with E-state index in [2.05, 4.69) is 10.0 Å². The van der Waals surface area contributed by atoms with E-state index in [0.717, 1.165) is 20.3 Å². The topological polar surface area (TPSA) is 122 Å². The van der Waals surface area contributed by atoms with E-state index < -0.39 is 33.5 Å². The van der Waals surface area contributed by atoms with Crippen LogP contribution in [0.5, 0.6) is 0 Å². The predicted octanol–water partition coefficient (Wildman–Crippen LogP) is 0.725. The number of hydrogen-bond acceptors (Lipinski definition) is 5. The van der Waals surface area contributed by atoms with Crippen LogP contribution in [0.4, 0.5) is 5.69 Å². The minimum atomic E-state index is -3.42. The molecule has 0 aromatic heterocycles. The van der Waals surface area contributed by atoms with Gasteiger partial charge in [-0.25, -0.2) is 13.2 Å². The molecule has 2 atom stereocenters. The molecule has 0 bridgehead atoms. The van der Waals surface area contributed by atoms with E-state index in [1.165, 1.54) is 0 Å². The van der Waals surface area contributed by atoms with Crippen molar-refractivity contribution in [1.29, 1.82) is 0 Å². The molecule has 1 aromatic rings. The number of nitrogens with one attached hydrogen (secondary N) is 2. The van der Waals surface area contributed by atoms with Gasteiger partial charge < -0.3 is 15.2 Å². The Kier molecular flexibility index (Phi) is 5.73. The van der Waals surface area contributed by atoms with Crippen LogP contribution < -0.4 is 10.0 Å². The molecule has 1 aromatic carbocycles. The number of carboxylic acids is 1. The SMILES string of the molecule is COC(C)(C(=O)O)C(=O)NC(C)c1cccc(NS(C)(=O)=O)c1. The minimum absolute atomic E-state index is 0.346. The predicted molar refractivity (Wildman–Crippen MR) is 84.5 cm³/mol. The summed E-state index contributed by atoms with van der Waals surface area (Å²) < 4.78 is 29.6. The number of carbonyl (C=O) groups excluding carboxylic acids is 1. The van der Waals surface area contributed by atoms with Crippen LogP contribution in [-0.2, 0) is 24.3 Å². The third-order valence-electron chi connectivity index (χ3n) is 3.29. The van der Waals surface area contributed by atoms with Gasteiger partial charge in [0.05, 0.1) is 12.3 Å². The second-order valence-electron chi connectivity index (χ2n) is 5.24. The van der Waals surface area contributed by atoms with Gasteiger partial charge in [0.15, 0.2) is 0 Å². The van der Waals surface area contributed by atoms with E-state index in [-0.39, 0.29) is 0 Å². The van der Waals surface area contributed by atoms with E-state index in [4.69, 9.17) is 9.84 Å². The summed E-state index contributed by atoms with van der Waals surface area (Å²) in [5.74, 6) is -2.21. The molecule has 0 aliphatic rings. The number of carboxylic acid groups (broad SMARTS) is 1. The summed E-state index contributed by atoms with van der Waals surface area (Å²) in [6.45, 7) is 2.80. The second-order valence-corrected chi connectivity index (χ2v) is 6.99. The van der Waals surface area contributed by atoms with Crippen LogP contribution in [0.15, 0.2) is 24.3 Å². The van der Waals surface area contributed by atoms with Crippen molar-refractivity contribution in [2.24, 2.45) is 0 Å². The van der Waals surface area contributed by atoms with Crippen molar-refractivity contribution in [2.45, 2.75) is 25.5 Å². The summed E-state index contributed by atoms with van der Waals surface area (Å²) in [4.78, 5) is 23.3. The minimum Gasteiger partial charge on any atom is -0.479 e. The molecular formula is C14H20N2O6S. The fourth-order valence-electron chi connectivity index (χ4n) is 1.78. The zero-order valence-electron chi connectivity index (χ0n) is 13.3. The molecule has 0 spiro atoms. The highest BCUT2D eigenvalue weighted by Crippen LogP contribution is 2.20. The van der Waals surface area contributed by atoms with Crippen LogP contribution in [0.3, 0.4) is 0 Å². The summed E-state index contributed by atoms with van der Waals surface area (Å²) in [5.41, 5.74) is -1.05. The number of methoxy groups -OCH3 is 1. The number of amides is 1. The van der Waals surface area contributed by atoms with Gasteiger partial charge in [-0.05, 0) is 31.5 Å². The van der Waals surface area contributed by atoms with Crippen molar-refractivity contribution in [2.75, 3.05) is 18.1 Å². The lowest BCUT2D eigenvalue weighted by Crippen LogP contribution is -2.52. The summed E-state index contributed by atoms with van der Waals surface area (Å²) in [6.07, 6.45) is 1.03. The normalized spacial score (nSPS) is 15.3. The number of hydrogen-bond donors (Lipinski definition) is 3. The molecule has 0 aliphatic carbocycles. The summed E-state index contributed by atoms with van der Waals surface area (Å²) in [5, 5.41) is 11.6. The fourth-order valence-corrected chi connectivity index (χ4v) is 2.34. The van der Waals surface area contributed by atoms with Crippen LogP contribution in [0.25, 0.3) is 0 Å². The van der Waals surface area contributed by atoms with E-state index in [1.807, 2.05) is 0 Å². The van der Waals surface area contributed by atoms with Crippen LogP contribution in [0, 0.1) is 0 Å². The first kappa shape index (κ1) is 18.9. The Bertz CT molecular complexity index is 703. The molecule has 0 saturated carbocycles. The monoisotopic (exact) mass is 344 g/mol. The first-order chi connectivity index (χ1) is 10.5. The van der Waals surface area contributed by atoms with E-state index in [9.17, 15) is 18.0 Å². The number of anilines is 1. The van der Waals surface area contributed by atoms with Crippen molar-refractivity contribution in [3.63, 3.8) is 0 Å². The largest absolute Gasteiger partial charge is 0.479 e. The Hall–Kier alpha value is -2.13. The molecular weight excluding hydrogens is 324 g/mol. The van der Waals surface area contributed by atoms with Crippen molar-refractivity contribution < 1.29 is 27.9 Å². The standard InChI is InChI=1S/C14H20N2O6S/c1-9(15-12(17)14(2,22-3)13(18)19)10-6-5-7-11(8-10)16-23(4,20)21/h5-9,16H,1-4H3,(H,15,17)(H,18,19). The number of carbonyl (C=O) groups is 2. The number of benzene rings is 1. The van der Waals surface area contributed by atoms with Crippen molar-refractivity contribution in [3.8, 4) is 0 Å². The average Bonchev–Trinajstić information content (AvgIpc) is 2.44. The number of sulfonamides is 1. The molecule has 0 radical (unpaired) electrons. The Morgan fingerprint density at radius 3 is 2.43 bits per heavy atom. The molecule has 0 saturated heterocycles. The van der Waals surface area contributed by atoms with Gasteiger partial charge in [0.2, 0.25) is 15.6 Å². The lowest BCUT2D eigenvalue weighted by molar-refractivity contribution is -0.168. The highest BCUT2D eigenvalue weighted by Gasteiger charge is 2.42. The van der Waals surface area contributed by atoms with Crippen LogP contribution in [-0.4, -0.2) is 44.4 Å². The summed E-state index contributed by atoms with van der Waals surface area (Å²) >= 11 is 0. The van der Waals surface area contributed by atoms with Gasteiger partial charge in [-0.2, -0.15) is 0 Å². The zero-order valence-corrected chi connectivity index (χ0v) is 14.1. The molecule has 23 heavy (non-hydrogen) atoms. The number of aliphatic carboxylic acids is 1. The van der Waals surface area contributed by atoms with Crippen LogP contribution in [0.2, 0.25) is 0 Å². The lowest BCUT2D eigenvalue weighted by Gasteiger charge is -2.24. The molecule has 9 heteroatoms. The summed E-state index contributed by atoms with van der Waals surface area (Å²) in [7, 11) is -2.28. The van der Waals surface area contributed by atoms with Gasteiger partial charge in [-0.15, -0.1) is 0 Å². The molecule has 2 unspecified atom stereocenters. The number of rotatable bonds is 7. The second kappa shape index (κ2) is 6.97. The molecule has 0 aliphatic heterocycles. The molecule has 0 fully saturated rings. The highest BCUT2D eigenvalue weighted by molar-refractivity contribution is 7.92. The van der Waals surface area contributed by atoms with E-state index in [1.54, 1.807) is 31.2 Å². The van der Waals surface area contributed by atoms with Crippen molar-refractivity contribution >= 4 is 27.6 Å². The first-order valence-corrected chi connectivity index (χ1v) is 8.56. The average molecular weight is 344 g/mol. The third-order valence-corrected chi connectivity index (χ3v) is 3.89. The van der Waals surface area contributed by atoms with Gasteiger partial charge in [-0.3, -0.25) is 9.52 Å². The highest BCUT2D eigenvalue weighted by atomic mass is 32.2. The van der Waals surface area contributed by atoms with Gasteiger partial charge >= 0.3 is 5.97 Å². The maximum atomic E-state index is 12.1. The molecule has 0 heterocycles. The Balaban J connectivity index is 2.94. The quantitative estimate of drug-likeness (QED) is 0.627. The lowest BCUT2D eigenvalue weighted by atomic mass is 10.0. The maximum absolute atomic E-state index is 12.1. The van der Waals surface area contributed by atoms with E-state index in [0.29, 0.717) is 11.3 Å². The molecule has 128 valence electrons. The molecule has 8 nitrogen and oxygen atoms in total. The molecule has 1 amide bonds. The van der Waals surface area contributed by atoms with Gasteiger partial charge in [0, 0.05) is 12.8 Å². The fraction of sp³-hybridized carbons (Fsp3) is 0.429. The van der Waals surface area contributed by atoms with Crippen LogP contribution in [0.1, 0.15) is 25.5 Å². The maximum Gasteiger partial charge on any atom is 0.345 e. The van der Waals surface area contributed by atoms with Crippen molar-refractivity contribution in [3.05, 3.63) is 29.8 Å². The molecule has 1 rings (SSSR count). The molecule has 3 N–H and O–H groups in total. The zero-order chi connectivity index (χ0) is 17.8. The van der Waals surface area contributed by atoms with Gasteiger partial charge in [0.25, 0.3) is 5.91 Å². The van der Waals surface area contributed by atoms with Gasteiger partial charge in [-0.1, -0.05) is 12.1 Å². The number of ether oxygens (including phenoxy) is 1. The third kappa shape index (κ3) is 4.93. The van der Waals surface area contributed by atoms with Crippen LogP contribution >= 0.6 is 0 Å².